The van der Waals surface area contributed by atoms with E-state index in [1.54, 1.807) is 0 Å². The summed E-state index contributed by atoms with van der Waals surface area (Å²) in [4.78, 5) is 15.5. The van der Waals surface area contributed by atoms with Gasteiger partial charge in [-0.3, -0.25) is 0 Å². The second-order valence-electron chi connectivity index (χ2n) is 38.7. The van der Waals surface area contributed by atoms with Gasteiger partial charge in [-0.1, -0.05) is 455 Å². The quantitative estimate of drug-likeness (QED) is 0.116. The average molecular weight is 1890 g/mol. The Kier molecular flexibility index (Phi) is 21.5. The lowest BCUT2D eigenvalue weighted by molar-refractivity contribution is 1.18. The van der Waals surface area contributed by atoms with Gasteiger partial charge >= 0.3 is 0 Å². The number of fused-ring (bicyclic) bond motifs is 23. The van der Waals surface area contributed by atoms with E-state index in [9.17, 15) is 0 Å². The summed E-state index contributed by atoms with van der Waals surface area (Å²) in [7, 11) is 0. The first-order valence-electron chi connectivity index (χ1n) is 51.1. The summed E-state index contributed by atoms with van der Waals surface area (Å²) >= 11 is 0. The molecule has 6 nitrogen and oxygen atoms in total. The Labute approximate surface area is 861 Å². The molecular weight excluding hydrogens is 1800 g/mol. The molecule has 6 aromatic heterocycles. The van der Waals surface area contributed by atoms with Crippen LogP contribution in [-0.4, -0.2) is 28.7 Å². The van der Waals surface area contributed by atoms with Crippen LogP contribution in [0.2, 0.25) is 0 Å². The summed E-state index contributed by atoms with van der Waals surface area (Å²) in [6.45, 7) is 0. The van der Waals surface area contributed by atoms with Crippen LogP contribution in [0.25, 0.3) is 281 Å². The minimum absolute atomic E-state index is 0.952. The van der Waals surface area contributed by atoms with Crippen LogP contribution < -0.4 is 0 Å². The van der Waals surface area contributed by atoms with Crippen molar-refractivity contribution < 1.29 is 0 Å². The first-order chi connectivity index (χ1) is 73.9. The molecule has 0 aliphatic carbocycles. The third-order valence-electron chi connectivity index (χ3n) is 30.1. The topological polar surface area (TPSA) is 53.5 Å². The lowest BCUT2D eigenvalue weighted by Crippen LogP contribution is -1.97. The van der Waals surface area contributed by atoms with Gasteiger partial charge in [-0.15, -0.1) is 0 Å². The minimum Gasteiger partial charge on any atom is -0.309 e. The van der Waals surface area contributed by atoms with E-state index < -0.39 is 0 Å². The van der Waals surface area contributed by atoms with Gasteiger partial charge in [0.1, 0.15) is 0 Å². The molecule has 149 heavy (non-hydrogen) atoms. The average Bonchev–Trinajstić information content (AvgIpc) is 1.77. The number of pyridine rings is 3. The van der Waals surface area contributed by atoms with E-state index in [1.165, 1.54) is 185 Å². The highest BCUT2D eigenvalue weighted by atomic mass is 15.0. The molecule has 0 radical (unpaired) electrons. The van der Waals surface area contributed by atoms with Gasteiger partial charge in [0.15, 0.2) is 0 Å². The van der Waals surface area contributed by atoms with Gasteiger partial charge in [0.05, 0.1) is 78.6 Å². The van der Waals surface area contributed by atoms with Gasteiger partial charge in [0.2, 0.25) is 0 Å². The highest BCUT2D eigenvalue weighted by molar-refractivity contribution is 6.32. The van der Waals surface area contributed by atoms with Gasteiger partial charge in [-0.05, 0) is 223 Å². The molecular formula is C143H92N6. The predicted molar refractivity (Wildman–Crippen MR) is 630 cm³/mol. The highest BCUT2D eigenvalue weighted by Gasteiger charge is 2.26. The zero-order valence-corrected chi connectivity index (χ0v) is 81.3. The lowest BCUT2D eigenvalue weighted by atomic mass is 9.94. The first kappa shape index (κ1) is 87.0. The van der Waals surface area contributed by atoms with E-state index in [4.69, 9.17) is 15.0 Å². The fourth-order valence-corrected chi connectivity index (χ4v) is 23.2. The van der Waals surface area contributed by atoms with Crippen LogP contribution in [0.3, 0.4) is 0 Å². The maximum absolute atomic E-state index is 5.19. The number of aromatic nitrogens is 6. The molecule has 0 bridgehead atoms. The number of hydrogen-bond acceptors (Lipinski definition) is 3. The molecule has 0 saturated carbocycles. The van der Waals surface area contributed by atoms with Crippen molar-refractivity contribution in [1.29, 1.82) is 0 Å². The van der Waals surface area contributed by atoms with Crippen molar-refractivity contribution in [2.75, 3.05) is 0 Å². The van der Waals surface area contributed by atoms with Gasteiger partial charge in [-0.2, -0.15) is 0 Å². The summed E-state index contributed by atoms with van der Waals surface area (Å²) in [6, 6.07) is 201. The van der Waals surface area contributed by atoms with Crippen molar-refractivity contribution in [3.63, 3.8) is 0 Å². The van der Waals surface area contributed by atoms with E-state index in [0.717, 1.165) is 95.5 Å². The molecule has 0 aliphatic heterocycles. The molecule has 24 aromatic carbocycles. The first-order valence-corrected chi connectivity index (χ1v) is 51.1. The Hall–Kier alpha value is -19.8. The van der Waals surface area contributed by atoms with Gasteiger partial charge in [0.25, 0.3) is 0 Å². The van der Waals surface area contributed by atoms with Crippen molar-refractivity contribution in [3.8, 4) is 129 Å². The monoisotopic (exact) mass is 1890 g/mol. The Morgan fingerprint density at radius 2 is 0.336 bits per heavy atom. The molecule has 6 heteroatoms. The third-order valence-corrected chi connectivity index (χ3v) is 30.1. The molecule has 30 aromatic rings. The predicted octanol–water partition coefficient (Wildman–Crippen LogP) is 38.4. The molecule has 0 atom stereocenters. The van der Waals surface area contributed by atoms with E-state index >= 15 is 0 Å². The Morgan fingerprint density at radius 1 is 0.121 bits per heavy atom. The van der Waals surface area contributed by atoms with Crippen molar-refractivity contribution in [2.24, 2.45) is 0 Å². The minimum atomic E-state index is 0.952. The van der Waals surface area contributed by atoms with E-state index in [0.29, 0.717) is 0 Å². The molecule has 0 fully saturated rings. The Bertz CT molecular complexity index is 9720. The molecule has 0 unspecified atom stereocenters. The van der Waals surface area contributed by atoms with Crippen LogP contribution in [0.1, 0.15) is 0 Å². The van der Waals surface area contributed by atoms with Gasteiger partial charge in [-0.25, -0.2) is 15.0 Å². The number of hydrogen-bond donors (Lipinski definition) is 0. The summed E-state index contributed by atoms with van der Waals surface area (Å²) in [5.74, 6) is 0. The van der Waals surface area contributed by atoms with E-state index in [1.807, 2.05) is 0 Å². The van der Waals surface area contributed by atoms with Gasteiger partial charge in [0, 0.05) is 82.2 Å². The van der Waals surface area contributed by atoms with Crippen molar-refractivity contribution in [2.45, 2.75) is 0 Å². The summed E-state index contributed by atoms with van der Waals surface area (Å²) < 4.78 is 7.43. The second kappa shape index (κ2) is 36.9. The molecule has 0 saturated heterocycles. The smallest absolute Gasteiger partial charge is 0.0715 e. The van der Waals surface area contributed by atoms with Crippen molar-refractivity contribution in [1.82, 2.24) is 28.7 Å². The Balaban J connectivity index is 0.000000108. The largest absolute Gasteiger partial charge is 0.309 e. The molecule has 0 amide bonds. The van der Waals surface area contributed by atoms with Crippen LogP contribution in [0, 0.1) is 0 Å². The molecule has 694 valence electrons. The molecule has 6 heterocycles. The second-order valence-corrected chi connectivity index (χ2v) is 38.7. The fraction of sp³-hybridized carbons (Fsp3) is 0. The molecule has 0 N–H and O–H groups in total. The summed E-state index contributed by atoms with van der Waals surface area (Å²) in [6.07, 6.45) is 0. The third kappa shape index (κ3) is 15.4. The number of rotatable bonds is 13. The van der Waals surface area contributed by atoms with Crippen LogP contribution >= 0.6 is 0 Å². The van der Waals surface area contributed by atoms with Crippen molar-refractivity contribution >= 4 is 152 Å². The summed E-state index contributed by atoms with van der Waals surface area (Å²) in [5.41, 5.74) is 32.3. The van der Waals surface area contributed by atoms with Gasteiger partial charge < -0.3 is 13.7 Å². The maximum atomic E-state index is 5.19. The zero-order valence-electron chi connectivity index (χ0n) is 81.3. The number of nitrogens with zero attached hydrogens (tertiary/aromatic N) is 6. The fourth-order valence-electron chi connectivity index (χ4n) is 23.2. The SMILES string of the molecule is c1ccc(-c2cc(-c3cc(-c4ccccc4)nc(-c4ccccc4)c3)cc(-n3c4ccc5ccccc5c4c4c5ccccc5ccc43)c2)cc1.c1ccc(-c2cc(-c3ccc(-n4c5ccc6ccccc6c5c5c6ccccc6ccc54)c4ccccc34)cc(-c3ccccc3)n2)cc1.c1ccc(-c2cc(-c3cccc4c(-n5c6ccc7ccccc7c6c6c7ccccc7ccc65)cccc34)cc(-c3ccccc3)n2)cc1. The van der Waals surface area contributed by atoms with Crippen LogP contribution in [0.15, 0.2) is 558 Å². The molecule has 0 spiro atoms. The van der Waals surface area contributed by atoms with E-state index in [2.05, 4.69) is 572 Å². The Morgan fingerprint density at radius 3 is 0.644 bits per heavy atom. The maximum Gasteiger partial charge on any atom is 0.0715 e. The number of benzene rings is 24. The van der Waals surface area contributed by atoms with Crippen LogP contribution in [-0.2, 0) is 0 Å². The zero-order chi connectivity index (χ0) is 98.4. The standard InChI is InChI=1S/C49H32N2.2C47H30N2/c1-4-14-33(15-5-1)38-28-39(40-31-44(36-18-6-2-7-19-36)50-45(32-40)37-20-8-3-9-21-37)30-41(29-38)51-46-26-24-34-16-10-12-22-42(34)48(46)49-43-23-13-11-17-35(43)25-27-47(49)51;1-3-15-33(16-4-1)41-29-35(30-42(48-41)34-17-5-2-6-18-34)36-21-11-23-40-39(36)22-12-24-43(40)49-44-27-25-31-13-7-9-19-37(31)46(44)47-38-20-10-8-14-32(38)26-28-45(47)49;1-3-15-33(16-4-1)41-29-35(30-42(48-41)34-17-5-2-6-18-34)36-25-28-43(40-22-12-11-21-39(36)40)49-44-26-23-31-13-7-9-19-37(31)46(44)47-38-20-10-8-14-32(38)24-27-45(47)49/h1-32H;2*1-30H. The summed E-state index contributed by atoms with van der Waals surface area (Å²) in [5, 5.41) is 27.7. The lowest BCUT2D eigenvalue weighted by Gasteiger charge is -2.16. The highest BCUT2D eigenvalue weighted by Crippen LogP contribution is 2.50. The van der Waals surface area contributed by atoms with Crippen LogP contribution in [0.5, 0.6) is 0 Å². The van der Waals surface area contributed by atoms with E-state index in [-0.39, 0.29) is 0 Å². The molecule has 0 aliphatic rings. The van der Waals surface area contributed by atoms with Crippen molar-refractivity contribution in [3.05, 3.63) is 558 Å². The molecule has 30 rings (SSSR count). The van der Waals surface area contributed by atoms with Crippen LogP contribution in [0.4, 0.5) is 0 Å². The normalized spacial score (nSPS) is 11.6.